The minimum Gasteiger partial charge on any atom is -0.380 e. The Balaban J connectivity index is 1.67. The predicted octanol–water partition coefficient (Wildman–Crippen LogP) is 3.07. The summed E-state index contributed by atoms with van der Waals surface area (Å²) in [6.07, 6.45) is 6.52. The molecule has 2 nitrogen and oxygen atoms in total. The molecule has 0 bridgehead atoms. The van der Waals surface area contributed by atoms with E-state index in [4.69, 9.17) is 4.74 Å². The van der Waals surface area contributed by atoms with Gasteiger partial charge in [-0.05, 0) is 50.7 Å². The van der Waals surface area contributed by atoms with Crippen LogP contribution in [0.3, 0.4) is 0 Å². The number of nitrogens with one attached hydrogen (secondary N) is 1. The van der Waals surface area contributed by atoms with Crippen molar-refractivity contribution in [2.24, 2.45) is 0 Å². The van der Waals surface area contributed by atoms with Crippen LogP contribution >= 0.6 is 11.3 Å². The first-order valence-corrected chi connectivity index (χ1v) is 7.60. The molecule has 0 spiro atoms. The highest BCUT2D eigenvalue weighted by atomic mass is 32.1. The van der Waals surface area contributed by atoms with Crippen molar-refractivity contribution in [3.05, 3.63) is 21.4 Å². The van der Waals surface area contributed by atoms with Crippen molar-refractivity contribution in [2.75, 3.05) is 13.2 Å². The molecular weight excluding hydrogens is 230 g/mol. The van der Waals surface area contributed by atoms with Crippen molar-refractivity contribution in [3.63, 3.8) is 0 Å². The summed E-state index contributed by atoms with van der Waals surface area (Å²) < 4.78 is 5.42. The molecule has 1 aliphatic heterocycles. The van der Waals surface area contributed by atoms with Crippen LogP contribution in [0.25, 0.3) is 0 Å². The minimum atomic E-state index is 0.484. The van der Waals surface area contributed by atoms with Gasteiger partial charge in [-0.2, -0.15) is 0 Å². The fraction of sp³-hybridized carbons (Fsp3) is 0.714. The Morgan fingerprint density at radius 2 is 2.29 bits per heavy atom. The van der Waals surface area contributed by atoms with Gasteiger partial charge < -0.3 is 10.1 Å². The number of hydrogen-bond acceptors (Lipinski definition) is 3. The van der Waals surface area contributed by atoms with E-state index in [0.29, 0.717) is 12.1 Å². The highest BCUT2D eigenvalue weighted by molar-refractivity contribution is 7.12. The van der Waals surface area contributed by atoms with E-state index >= 15 is 0 Å². The normalized spacial score (nSPS) is 25.8. The van der Waals surface area contributed by atoms with E-state index in [2.05, 4.69) is 18.3 Å². The molecule has 2 aliphatic rings. The third kappa shape index (κ3) is 2.56. The van der Waals surface area contributed by atoms with Gasteiger partial charge in [-0.25, -0.2) is 0 Å². The third-order valence-corrected chi connectivity index (χ3v) is 5.28. The van der Waals surface area contributed by atoms with E-state index in [1.54, 1.807) is 10.4 Å². The summed E-state index contributed by atoms with van der Waals surface area (Å²) in [6.45, 7) is 4.09. The van der Waals surface area contributed by atoms with E-state index in [1.807, 2.05) is 11.3 Å². The van der Waals surface area contributed by atoms with Crippen molar-refractivity contribution in [2.45, 2.75) is 51.1 Å². The van der Waals surface area contributed by atoms with Crippen LogP contribution in [0.15, 0.2) is 6.07 Å². The summed E-state index contributed by atoms with van der Waals surface area (Å²) in [5.41, 5.74) is 1.62. The van der Waals surface area contributed by atoms with E-state index in [-0.39, 0.29) is 0 Å². The van der Waals surface area contributed by atoms with Gasteiger partial charge in [0, 0.05) is 28.4 Å². The van der Waals surface area contributed by atoms with E-state index < -0.39 is 0 Å². The first-order chi connectivity index (χ1) is 8.33. The fourth-order valence-electron chi connectivity index (χ4n) is 2.83. The van der Waals surface area contributed by atoms with Gasteiger partial charge in [-0.15, -0.1) is 11.3 Å². The first kappa shape index (κ1) is 11.7. The number of hydrogen-bond donors (Lipinski definition) is 1. The predicted molar refractivity (Wildman–Crippen MR) is 71.7 cm³/mol. The molecule has 3 rings (SSSR count). The van der Waals surface area contributed by atoms with Crippen LogP contribution in [0.1, 0.15) is 47.5 Å². The molecule has 1 aliphatic carbocycles. The Morgan fingerprint density at radius 1 is 1.41 bits per heavy atom. The third-order valence-electron chi connectivity index (χ3n) is 3.86. The number of fused-ring (bicyclic) bond motifs is 1. The van der Waals surface area contributed by atoms with Crippen LogP contribution in [-0.2, 0) is 17.6 Å². The molecule has 0 radical (unpaired) electrons. The van der Waals surface area contributed by atoms with E-state index in [9.17, 15) is 0 Å². The summed E-state index contributed by atoms with van der Waals surface area (Å²) in [7, 11) is 0. The molecule has 1 saturated heterocycles. The lowest BCUT2D eigenvalue weighted by atomic mass is 9.99. The van der Waals surface area contributed by atoms with Gasteiger partial charge in [0.1, 0.15) is 0 Å². The van der Waals surface area contributed by atoms with E-state index in [1.165, 1.54) is 30.6 Å². The summed E-state index contributed by atoms with van der Waals surface area (Å²) in [5, 5.41) is 3.69. The standard InChI is InChI=1S/C14H21NOS/c1-10(15-12-6-7-16-9-12)14-8-11-4-2-3-5-13(11)17-14/h8,10,12,15H,2-7,9H2,1H3. The molecule has 1 fully saturated rings. The van der Waals surface area contributed by atoms with Crippen LogP contribution in [0, 0.1) is 0 Å². The molecule has 2 atom stereocenters. The average molecular weight is 251 g/mol. The van der Waals surface area contributed by atoms with Gasteiger partial charge in [-0.3, -0.25) is 0 Å². The van der Waals surface area contributed by atoms with Gasteiger partial charge in [0.05, 0.1) is 6.61 Å². The zero-order valence-corrected chi connectivity index (χ0v) is 11.3. The van der Waals surface area contributed by atoms with Gasteiger partial charge in [-0.1, -0.05) is 0 Å². The van der Waals surface area contributed by atoms with Crippen LogP contribution < -0.4 is 5.32 Å². The molecule has 0 amide bonds. The van der Waals surface area contributed by atoms with Gasteiger partial charge >= 0.3 is 0 Å². The molecule has 1 aromatic heterocycles. The zero-order valence-electron chi connectivity index (χ0n) is 10.5. The van der Waals surface area contributed by atoms with Gasteiger partial charge in [0.15, 0.2) is 0 Å². The molecule has 0 aromatic carbocycles. The quantitative estimate of drug-likeness (QED) is 0.891. The highest BCUT2D eigenvalue weighted by Gasteiger charge is 2.21. The molecule has 1 aromatic rings. The van der Waals surface area contributed by atoms with Crippen LogP contribution in [0.4, 0.5) is 0 Å². The highest BCUT2D eigenvalue weighted by Crippen LogP contribution is 2.33. The second-order valence-electron chi connectivity index (χ2n) is 5.25. The van der Waals surface area contributed by atoms with Crippen molar-refractivity contribution < 1.29 is 4.74 Å². The van der Waals surface area contributed by atoms with Crippen LogP contribution in [-0.4, -0.2) is 19.3 Å². The second kappa shape index (κ2) is 5.09. The van der Waals surface area contributed by atoms with Gasteiger partial charge in [0.2, 0.25) is 0 Å². The fourth-order valence-corrected chi connectivity index (χ4v) is 4.10. The molecule has 3 heteroatoms. The lowest BCUT2D eigenvalue weighted by Gasteiger charge is -2.16. The molecule has 17 heavy (non-hydrogen) atoms. The molecular formula is C14H21NOS. The van der Waals surface area contributed by atoms with Crippen LogP contribution in [0.5, 0.6) is 0 Å². The number of rotatable bonds is 3. The minimum absolute atomic E-state index is 0.484. The average Bonchev–Trinajstić information content (AvgIpc) is 2.96. The summed E-state index contributed by atoms with van der Waals surface area (Å²) in [5.74, 6) is 0. The first-order valence-electron chi connectivity index (χ1n) is 6.78. The molecule has 2 unspecified atom stereocenters. The lowest BCUT2D eigenvalue weighted by molar-refractivity contribution is 0.188. The molecule has 94 valence electrons. The van der Waals surface area contributed by atoms with E-state index in [0.717, 1.165) is 19.6 Å². The Morgan fingerprint density at radius 3 is 3.06 bits per heavy atom. The summed E-state index contributed by atoms with van der Waals surface area (Å²) in [4.78, 5) is 3.16. The SMILES string of the molecule is CC(NC1CCOC1)c1cc2c(s1)CCCC2. The van der Waals surface area contributed by atoms with Crippen LogP contribution in [0.2, 0.25) is 0 Å². The number of aryl methyl sites for hydroxylation is 2. The Hall–Kier alpha value is -0.380. The Bertz CT molecular complexity index is 358. The molecule has 0 saturated carbocycles. The maximum absolute atomic E-state index is 5.42. The number of thiophene rings is 1. The second-order valence-corrected chi connectivity index (χ2v) is 6.42. The lowest BCUT2D eigenvalue weighted by Crippen LogP contribution is -2.31. The monoisotopic (exact) mass is 251 g/mol. The Kier molecular flexibility index (Phi) is 3.50. The maximum Gasteiger partial charge on any atom is 0.0620 e. The summed E-state index contributed by atoms with van der Waals surface area (Å²) >= 11 is 2.02. The maximum atomic E-state index is 5.42. The van der Waals surface area contributed by atoms with Crippen molar-refractivity contribution >= 4 is 11.3 Å². The van der Waals surface area contributed by atoms with Gasteiger partial charge in [0.25, 0.3) is 0 Å². The number of ether oxygens (including phenoxy) is 1. The smallest absolute Gasteiger partial charge is 0.0620 e. The Labute approximate surface area is 107 Å². The topological polar surface area (TPSA) is 21.3 Å². The zero-order chi connectivity index (χ0) is 11.7. The van der Waals surface area contributed by atoms with Crippen molar-refractivity contribution in [1.82, 2.24) is 5.32 Å². The molecule has 2 heterocycles. The van der Waals surface area contributed by atoms with Crippen molar-refractivity contribution in [3.8, 4) is 0 Å². The molecule has 1 N–H and O–H groups in total. The largest absolute Gasteiger partial charge is 0.380 e. The van der Waals surface area contributed by atoms with Crippen molar-refractivity contribution in [1.29, 1.82) is 0 Å². The summed E-state index contributed by atoms with van der Waals surface area (Å²) in [6, 6.07) is 3.48.